The van der Waals surface area contributed by atoms with Gasteiger partial charge in [0.1, 0.15) is 6.54 Å². The Morgan fingerprint density at radius 1 is 1.33 bits per heavy atom. The van der Waals surface area contributed by atoms with Gasteiger partial charge in [0.15, 0.2) is 0 Å². The van der Waals surface area contributed by atoms with Crippen LogP contribution in [0.1, 0.15) is 23.7 Å². The van der Waals surface area contributed by atoms with Crippen molar-refractivity contribution in [3.8, 4) is 0 Å². The van der Waals surface area contributed by atoms with Gasteiger partial charge in [-0.05, 0) is 12.5 Å². The second kappa shape index (κ2) is 6.21. The molecule has 0 aliphatic carbocycles. The molecule has 0 aliphatic rings. The zero-order valence-corrected chi connectivity index (χ0v) is 11.7. The molecule has 6 heteroatoms. The number of carboxylic acid groups (broad SMARTS) is 1. The summed E-state index contributed by atoms with van der Waals surface area (Å²) in [5, 5.41) is 9.83. The highest BCUT2D eigenvalue weighted by atomic mass is 16.4. The lowest BCUT2D eigenvalue weighted by molar-refractivity contribution is -0.135. The number of pyridine rings is 1. The molecule has 0 aliphatic heterocycles. The van der Waals surface area contributed by atoms with Gasteiger partial charge >= 0.3 is 5.97 Å². The Morgan fingerprint density at radius 2 is 2.05 bits per heavy atom. The van der Waals surface area contributed by atoms with Gasteiger partial charge in [-0.1, -0.05) is 25.1 Å². The van der Waals surface area contributed by atoms with Crippen LogP contribution in [0, 0.1) is 0 Å². The fourth-order valence-electron chi connectivity index (χ4n) is 2.35. The van der Waals surface area contributed by atoms with Gasteiger partial charge in [0.2, 0.25) is 0 Å². The first-order chi connectivity index (χ1) is 10.0. The molecule has 0 atom stereocenters. The van der Waals surface area contributed by atoms with Gasteiger partial charge in [-0.15, -0.1) is 0 Å². The Bertz CT molecular complexity index is 685. The van der Waals surface area contributed by atoms with Gasteiger partial charge in [-0.25, -0.2) is 0 Å². The molecule has 1 aromatic carbocycles. The fraction of sp³-hybridized carbons (Fsp3) is 0.267. The van der Waals surface area contributed by atoms with Crippen molar-refractivity contribution < 1.29 is 14.7 Å². The summed E-state index contributed by atoms with van der Waals surface area (Å²) in [6.07, 6.45) is 2.16. The van der Waals surface area contributed by atoms with Crippen LogP contribution in [0.15, 0.2) is 30.5 Å². The van der Waals surface area contributed by atoms with Crippen LogP contribution in [0.25, 0.3) is 10.9 Å². The summed E-state index contributed by atoms with van der Waals surface area (Å²) >= 11 is 0. The summed E-state index contributed by atoms with van der Waals surface area (Å²) in [4.78, 5) is 28.6. The number of aromatic nitrogens is 1. The van der Waals surface area contributed by atoms with Crippen LogP contribution in [-0.4, -0.2) is 35.1 Å². The summed E-state index contributed by atoms with van der Waals surface area (Å²) in [5.74, 6) is -1.57. The van der Waals surface area contributed by atoms with Crippen molar-refractivity contribution in [3.05, 3.63) is 36.0 Å². The lowest BCUT2D eigenvalue weighted by Gasteiger charge is -2.25. The number of benzene rings is 1. The Hall–Kier alpha value is -2.63. The zero-order chi connectivity index (χ0) is 15.4. The highest BCUT2D eigenvalue weighted by Gasteiger charge is 2.20. The van der Waals surface area contributed by atoms with Crippen LogP contribution in [0.2, 0.25) is 0 Å². The van der Waals surface area contributed by atoms with E-state index in [1.165, 1.54) is 6.20 Å². The number of rotatable bonds is 6. The minimum atomic E-state index is -0.959. The van der Waals surface area contributed by atoms with E-state index >= 15 is 0 Å². The second-order valence-electron chi connectivity index (χ2n) is 4.72. The largest absolute Gasteiger partial charge is 0.480 e. The predicted octanol–water partition coefficient (Wildman–Crippen LogP) is 1.63. The molecule has 110 valence electrons. The Morgan fingerprint density at radius 3 is 2.67 bits per heavy atom. The van der Waals surface area contributed by atoms with E-state index in [0.29, 0.717) is 17.7 Å². The van der Waals surface area contributed by atoms with Crippen LogP contribution in [0.5, 0.6) is 0 Å². The maximum Gasteiger partial charge on any atom is 0.323 e. The number of fused-ring (bicyclic) bond motifs is 1. The van der Waals surface area contributed by atoms with E-state index in [1.54, 1.807) is 4.90 Å². The molecule has 21 heavy (non-hydrogen) atoms. The number of amides is 1. The van der Waals surface area contributed by atoms with Crippen molar-refractivity contribution in [3.63, 3.8) is 0 Å². The maximum atomic E-state index is 11.7. The van der Waals surface area contributed by atoms with Gasteiger partial charge in [-0.3, -0.25) is 14.6 Å². The predicted molar refractivity (Wildman–Crippen MR) is 80.4 cm³/mol. The van der Waals surface area contributed by atoms with Crippen molar-refractivity contribution in [2.24, 2.45) is 5.73 Å². The Balaban J connectivity index is 2.68. The van der Waals surface area contributed by atoms with Gasteiger partial charge in [0.25, 0.3) is 5.91 Å². The molecule has 0 fully saturated rings. The summed E-state index contributed by atoms with van der Waals surface area (Å²) < 4.78 is 0. The number of nitrogens with zero attached hydrogens (tertiary/aromatic N) is 2. The number of nitrogens with two attached hydrogens (primary N) is 1. The minimum absolute atomic E-state index is 0.192. The molecule has 0 unspecified atom stereocenters. The topological polar surface area (TPSA) is 96.5 Å². The lowest BCUT2D eigenvalue weighted by Crippen LogP contribution is -2.32. The van der Waals surface area contributed by atoms with Crippen LogP contribution >= 0.6 is 0 Å². The first kappa shape index (κ1) is 14.8. The van der Waals surface area contributed by atoms with E-state index < -0.39 is 11.9 Å². The number of carbonyl (C=O) groups excluding carboxylic acids is 1. The SMILES string of the molecule is CCCN(CC(=O)O)c1c(C(N)=O)cnc2ccccc12. The normalized spacial score (nSPS) is 10.5. The standard InChI is InChI=1S/C15H17N3O3/c1-2-7-18(9-13(19)20)14-10-5-3-4-6-12(10)17-8-11(14)15(16)21/h3-6,8H,2,7,9H2,1H3,(H2,16,21)(H,19,20). The minimum Gasteiger partial charge on any atom is -0.480 e. The maximum absolute atomic E-state index is 11.7. The quantitative estimate of drug-likeness (QED) is 0.841. The van der Waals surface area contributed by atoms with Crippen LogP contribution < -0.4 is 10.6 Å². The summed E-state index contributed by atoms with van der Waals surface area (Å²) in [7, 11) is 0. The molecule has 2 aromatic rings. The Labute approximate surface area is 122 Å². The van der Waals surface area contributed by atoms with Gasteiger partial charge in [-0.2, -0.15) is 0 Å². The summed E-state index contributed by atoms with van der Waals surface area (Å²) in [6, 6.07) is 7.29. The van der Waals surface area contributed by atoms with Gasteiger partial charge < -0.3 is 15.7 Å². The van der Waals surface area contributed by atoms with Gasteiger partial charge in [0, 0.05) is 18.1 Å². The average Bonchev–Trinajstić information content (AvgIpc) is 2.45. The van der Waals surface area contributed by atoms with E-state index in [2.05, 4.69) is 4.98 Å². The van der Waals surface area contributed by atoms with E-state index in [1.807, 2.05) is 31.2 Å². The van der Waals surface area contributed by atoms with Crippen molar-refractivity contribution in [1.29, 1.82) is 0 Å². The molecule has 0 bridgehead atoms. The van der Waals surface area contributed by atoms with Crippen LogP contribution in [0.4, 0.5) is 5.69 Å². The highest BCUT2D eigenvalue weighted by Crippen LogP contribution is 2.29. The van der Waals surface area contributed by atoms with E-state index in [0.717, 1.165) is 11.8 Å². The zero-order valence-electron chi connectivity index (χ0n) is 11.7. The summed E-state index contributed by atoms with van der Waals surface area (Å²) in [6.45, 7) is 2.27. The number of carbonyl (C=O) groups is 2. The van der Waals surface area contributed by atoms with E-state index in [4.69, 9.17) is 10.8 Å². The molecule has 0 saturated carbocycles. The first-order valence-electron chi connectivity index (χ1n) is 6.69. The first-order valence-corrected chi connectivity index (χ1v) is 6.69. The molecule has 1 heterocycles. The highest BCUT2D eigenvalue weighted by molar-refractivity contribution is 6.07. The van der Waals surface area contributed by atoms with Crippen LogP contribution in [-0.2, 0) is 4.79 Å². The summed E-state index contributed by atoms with van der Waals surface area (Å²) in [5.41, 5.74) is 6.89. The molecular formula is C15H17N3O3. The van der Waals surface area contributed by atoms with E-state index in [9.17, 15) is 9.59 Å². The number of anilines is 1. The van der Waals surface area contributed by atoms with Crippen LogP contribution in [0.3, 0.4) is 0 Å². The van der Waals surface area contributed by atoms with Crippen molar-refractivity contribution >= 4 is 28.5 Å². The number of carboxylic acids is 1. The Kier molecular flexibility index (Phi) is 4.37. The van der Waals surface area contributed by atoms with Crippen molar-refractivity contribution in [1.82, 2.24) is 4.98 Å². The van der Waals surface area contributed by atoms with Crippen molar-refractivity contribution in [2.45, 2.75) is 13.3 Å². The van der Waals surface area contributed by atoms with E-state index in [-0.39, 0.29) is 12.1 Å². The number of primary amides is 1. The smallest absolute Gasteiger partial charge is 0.323 e. The molecular weight excluding hydrogens is 270 g/mol. The molecule has 2 rings (SSSR count). The molecule has 1 aromatic heterocycles. The average molecular weight is 287 g/mol. The molecule has 1 amide bonds. The third-order valence-electron chi connectivity index (χ3n) is 3.15. The third-order valence-corrected chi connectivity index (χ3v) is 3.15. The number of aliphatic carboxylic acids is 1. The number of hydrogen-bond donors (Lipinski definition) is 2. The molecule has 0 radical (unpaired) electrons. The lowest BCUT2D eigenvalue weighted by atomic mass is 10.1. The van der Waals surface area contributed by atoms with Gasteiger partial charge in [0.05, 0.1) is 16.8 Å². The van der Waals surface area contributed by atoms with Crippen molar-refractivity contribution in [2.75, 3.05) is 18.0 Å². The second-order valence-corrected chi connectivity index (χ2v) is 4.72. The monoisotopic (exact) mass is 287 g/mol. The molecule has 6 nitrogen and oxygen atoms in total. The fourth-order valence-corrected chi connectivity index (χ4v) is 2.35. The third kappa shape index (κ3) is 3.10. The number of para-hydroxylation sites is 1. The molecule has 3 N–H and O–H groups in total. The molecule has 0 saturated heterocycles. The number of hydrogen-bond acceptors (Lipinski definition) is 4. The molecule has 0 spiro atoms.